The van der Waals surface area contributed by atoms with Gasteiger partial charge >= 0.3 is 5.97 Å². The first kappa shape index (κ1) is 15.8. The van der Waals surface area contributed by atoms with Gasteiger partial charge in [0.05, 0.1) is 7.11 Å². The predicted octanol–water partition coefficient (Wildman–Crippen LogP) is 2.88. The van der Waals surface area contributed by atoms with E-state index in [1.807, 2.05) is 31.2 Å². The number of alkyl halides is 1. The SMILES string of the molecule is COC(=O)C1(NC(=O)C(Cl)c2ccc(C)cc2)CCCC1. The molecule has 0 radical (unpaired) electrons. The van der Waals surface area contributed by atoms with Crippen LogP contribution in [0, 0.1) is 6.92 Å². The smallest absolute Gasteiger partial charge is 0.331 e. The average molecular weight is 310 g/mol. The van der Waals surface area contributed by atoms with E-state index in [4.69, 9.17) is 16.3 Å². The van der Waals surface area contributed by atoms with Gasteiger partial charge in [-0.2, -0.15) is 0 Å². The van der Waals surface area contributed by atoms with Crippen LogP contribution in [0.3, 0.4) is 0 Å². The van der Waals surface area contributed by atoms with E-state index >= 15 is 0 Å². The van der Waals surface area contributed by atoms with Crippen LogP contribution in [-0.2, 0) is 14.3 Å². The molecule has 21 heavy (non-hydrogen) atoms. The molecule has 1 amide bonds. The van der Waals surface area contributed by atoms with Gasteiger partial charge in [-0.3, -0.25) is 4.79 Å². The molecular weight excluding hydrogens is 290 g/mol. The molecule has 1 fully saturated rings. The Hall–Kier alpha value is -1.55. The number of amides is 1. The molecule has 1 aromatic rings. The Morgan fingerprint density at radius 3 is 2.33 bits per heavy atom. The van der Waals surface area contributed by atoms with Crippen LogP contribution in [0.25, 0.3) is 0 Å². The molecule has 1 unspecified atom stereocenters. The maximum Gasteiger partial charge on any atom is 0.331 e. The Morgan fingerprint density at radius 1 is 1.24 bits per heavy atom. The Bertz CT molecular complexity index is 521. The molecule has 1 saturated carbocycles. The number of esters is 1. The minimum Gasteiger partial charge on any atom is -0.467 e. The zero-order chi connectivity index (χ0) is 15.5. The second-order valence-electron chi connectivity index (χ2n) is 5.54. The lowest BCUT2D eigenvalue weighted by Crippen LogP contribution is -2.53. The van der Waals surface area contributed by atoms with E-state index < -0.39 is 10.9 Å². The third-order valence-electron chi connectivity index (χ3n) is 4.00. The van der Waals surface area contributed by atoms with Crippen molar-refractivity contribution in [2.75, 3.05) is 7.11 Å². The molecule has 1 atom stereocenters. The van der Waals surface area contributed by atoms with Crippen molar-refractivity contribution in [2.45, 2.75) is 43.5 Å². The second kappa shape index (κ2) is 6.48. The minimum atomic E-state index is -0.913. The van der Waals surface area contributed by atoms with E-state index in [-0.39, 0.29) is 11.9 Å². The van der Waals surface area contributed by atoms with Crippen molar-refractivity contribution < 1.29 is 14.3 Å². The minimum absolute atomic E-state index is 0.354. The highest BCUT2D eigenvalue weighted by molar-refractivity contribution is 6.31. The zero-order valence-corrected chi connectivity index (χ0v) is 13.1. The number of ether oxygens (including phenoxy) is 1. The highest BCUT2D eigenvalue weighted by Gasteiger charge is 2.44. The topological polar surface area (TPSA) is 55.4 Å². The van der Waals surface area contributed by atoms with Crippen LogP contribution >= 0.6 is 11.6 Å². The van der Waals surface area contributed by atoms with Gasteiger partial charge in [-0.25, -0.2) is 4.79 Å². The van der Waals surface area contributed by atoms with Crippen molar-refractivity contribution in [3.63, 3.8) is 0 Å². The molecule has 1 N–H and O–H groups in total. The van der Waals surface area contributed by atoms with E-state index in [0.717, 1.165) is 24.0 Å². The molecule has 1 aliphatic carbocycles. The molecule has 0 saturated heterocycles. The maximum atomic E-state index is 12.4. The molecule has 2 rings (SSSR count). The van der Waals surface area contributed by atoms with E-state index in [1.165, 1.54) is 7.11 Å². The Balaban J connectivity index is 2.12. The summed E-state index contributed by atoms with van der Waals surface area (Å²) < 4.78 is 4.84. The summed E-state index contributed by atoms with van der Waals surface area (Å²) in [4.78, 5) is 24.4. The number of rotatable bonds is 4. The van der Waals surface area contributed by atoms with Crippen LogP contribution in [0.1, 0.15) is 42.2 Å². The molecule has 114 valence electrons. The van der Waals surface area contributed by atoms with Crippen LogP contribution < -0.4 is 5.32 Å². The quantitative estimate of drug-likeness (QED) is 0.687. The molecule has 0 spiro atoms. The number of benzene rings is 1. The van der Waals surface area contributed by atoms with Crippen molar-refractivity contribution in [3.05, 3.63) is 35.4 Å². The Kier molecular flexibility index (Phi) is 4.88. The number of carbonyl (C=O) groups excluding carboxylic acids is 2. The number of carbonyl (C=O) groups is 2. The summed E-state index contributed by atoms with van der Waals surface area (Å²) in [7, 11) is 1.34. The highest BCUT2D eigenvalue weighted by Crippen LogP contribution is 2.32. The first-order valence-electron chi connectivity index (χ1n) is 7.09. The van der Waals surface area contributed by atoms with Crippen LogP contribution in [0.4, 0.5) is 0 Å². The lowest BCUT2D eigenvalue weighted by molar-refractivity contribution is -0.150. The summed E-state index contributed by atoms with van der Waals surface area (Å²) in [5, 5.41) is 2.00. The Labute approximate surface area is 129 Å². The van der Waals surface area contributed by atoms with E-state index in [2.05, 4.69) is 5.32 Å². The maximum absolute atomic E-state index is 12.4. The first-order chi connectivity index (χ1) is 9.98. The molecule has 0 bridgehead atoms. The molecule has 4 nitrogen and oxygen atoms in total. The van der Waals surface area contributed by atoms with Gasteiger partial charge in [0.25, 0.3) is 0 Å². The third kappa shape index (κ3) is 3.38. The molecule has 1 aromatic carbocycles. The van der Waals surface area contributed by atoms with Gasteiger partial charge in [-0.1, -0.05) is 42.7 Å². The first-order valence-corrected chi connectivity index (χ1v) is 7.53. The lowest BCUT2D eigenvalue weighted by Gasteiger charge is -2.28. The fourth-order valence-corrected chi connectivity index (χ4v) is 2.94. The number of methoxy groups -OCH3 is 1. The summed E-state index contributed by atoms with van der Waals surface area (Å²) in [6.45, 7) is 1.97. The zero-order valence-electron chi connectivity index (χ0n) is 12.3. The molecule has 0 heterocycles. The molecule has 0 aliphatic heterocycles. The summed E-state index contributed by atoms with van der Waals surface area (Å²) in [6.07, 6.45) is 2.99. The summed E-state index contributed by atoms with van der Waals surface area (Å²) in [6, 6.07) is 7.46. The van der Waals surface area contributed by atoms with E-state index in [1.54, 1.807) is 0 Å². The van der Waals surface area contributed by atoms with E-state index in [9.17, 15) is 9.59 Å². The summed E-state index contributed by atoms with van der Waals surface area (Å²) in [5.74, 6) is -0.742. The van der Waals surface area contributed by atoms with Gasteiger partial charge in [-0.15, -0.1) is 11.6 Å². The Morgan fingerprint density at radius 2 is 1.81 bits per heavy atom. The molecule has 5 heteroatoms. The largest absolute Gasteiger partial charge is 0.467 e. The average Bonchev–Trinajstić information content (AvgIpc) is 2.96. The standard InChI is InChI=1S/C16H20ClNO3/c1-11-5-7-12(8-6-11)13(17)14(19)18-16(15(20)21-2)9-3-4-10-16/h5-8,13H,3-4,9-10H2,1-2H3,(H,18,19). The van der Waals surface area contributed by atoms with Gasteiger partial charge < -0.3 is 10.1 Å². The van der Waals surface area contributed by atoms with Crippen molar-refractivity contribution in [1.82, 2.24) is 5.32 Å². The number of hydrogen-bond donors (Lipinski definition) is 1. The van der Waals surface area contributed by atoms with Crippen molar-refractivity contribution >= 4 is 23.5 Å². The second-order valence-corrected chi connectivity index (χ2v) is 5.98. The van der Waals surface area contributed by atoms with Crippen LogP contribution in [-0.4, -0.2) is 24.5 Å². The molecule has 0 aromatic heterocycles. The van der Waals surface area contributed by atoms with Gasteiger partial charge in [0.2, 0.25) is 5.91 Å². The van der Waals surface area contributed by atoms with E-state index in [0.29, 0.717) is 12.8 Å². The van der Waals surface area contributed by atoms with Crippen molar-refractivity contribution in [2.24, 2.45) is 0 Å². The van der Waals surface area contributed by atoms with Crippen molar-refractivity contribution in [1.29, 1.82) is 0 Å². The highest BCUT2D eigenvalue weighted by atomic mass is 35.5. The predicted molar refractivity (Wildman–Crippen MR) is 81.1 cm³/mol. The third-order valence-corrected chi connectivity index (χ3v) is 4.45. The summed E-state index contributed by atoms with van der Waals surface area (Å²) in [5.41, 5.74) is 0.909. The fourth-order valence-electron chi connectivity index (χ4n) is 2.74. The van der Waals surface area contributed by atoms with Gasteiger partial charge in [0.15, 0.2) is 0 Å². The molecule has 1 aliphatic rings. The van der Waals surface area contributed by atoms with Crippen LogP contribution in [0.15, 0.2) is 24.3 Å². The summed E-state index contributed by atoms with van der Waals surface area (Å²) >= 11 is 6.23. The fraction of sp³-hybridized carbons (Fsp3) is 0.500. The van der Waals surface area contributed by atoms with Gasteiger partial charge in [0, 0.05) is 0 Å². The number of halogens is 1. The normalized spacial score (nSPS) is 18.0. The van der Waals surface area contributed by atoms with Crippen molar-refractivity contribution in [3.8, 4) is 0 Å². The monoisotopic (exact) mass is 309 g/mol. The van der Waals surface area contributed by atoms with Crippen LogP contribution in [0.5, 0.6) is 0 Å². The number of nitrogens with one attached hydrogen (secondary N) is 1. The lowest BCUT2D eigenvalue weighted by atomic mass is 9.97. The van der Waals surface area contributed by atoms with Crippen LogP contribution in [0.2, 0.25) is 0 Å². The van der Waals surface area contributed by atoms with Gasteiger partial charge in [-0.05, 0) is 25.3 Å². The number of aryl methyl sites for hydroxylation is 1. The van der Waals surface area contributed by atoms with Gasteiger partial charge in [0.1, 0.15) is 10.9 Å². The molecular formula is C16H20ClNO3. The number of hydrogen-bond acceptors (Lipinski definition) is 3.